The number of benzene rings is 1. The molecule has 28 heavy (non-hydrogen) atoms. The molecule has 3 heterocycles. The number of hydrogen-bond donors (Lipinski definition) is 0. The monoisotopic (exact) mass is 396 g/mol. The Bertz CT molecular complexity index is 1210. The zero-order valence-corrected chi connectivity index (χ0v) is 16.0. The molecule has 0 saturated heterocycles. The Morgan fingerprint density at radius 3 is 2.82 bits per heavy atom. The van der Waals surface area contributed by atoms with Crippen LogP contribution in [0.4, 0.5) is 0 Å². The highest BCUT2D eigenvalue weighted by Gasteiger charge is 2.23. The third-order valence-electron chi connectivity index (χ3n) is 4.11. The highest BCUT2D eigenvalue weighted by Crippen LogP contribution is 2.26. The van der Waals surface area contributed by atoms with Crippen molar-refractivity contribution in [1.29, 1.82) is 0 Å². The topological polar surface area (TPSA) is 99.6 Å². The van der Waals surface area contributed by atoms with Crippen LogP contribution < -0.4 is 5.56 Å². The second-order valence-electron chi connectivity index (χ2n) is 6.03. The maximum absolute atomic E-state index is 12.6. The highest BCUT2D eigenvalue weighted by atomic mass is 32.1. The van der Waals surface area contributed by atoms with Gasteiger partial charge in [-0.2, -0.15) is 9.61 Å². The number of ether oxygens (including phenoxy) is 1. The predicted molar refractivity (Wildman–Crippen MR) is 102 cm³/mol. The maximum Gasteiger partial charge on any atom is 0.344 e. The highest BCUT2D eigenvalue weighted by molar-refractivity contribution is 7.16. The number of fused-ring (bicyclic) bond motifs is 1. The van der Waals surface area contributed by atoms with Crippen LogP contribution in [0.2, 0.25) is 0 Å². The molecule has 0 bridgehead atoms. The molecule has 142 valence electrons. The zero-order valence-electron chi connectivity index (χ0n) is 15.2. The summed E-state index contributed by atoms with van der Waals surface area (Å²) in [4.78, 5) is 29.7. The first-order chi connectivity index (χ1) is 13.6. The molecule has 4 aromatic rings. The summed E-state index contributed by atoms with van der Waals surface area (Å²) in [6, 6.07) is 10.6. The summed E-state index contributed by atoms with van der Waals surface area (Å²) in [6.45, 7) is 3.47. The van der Waals surface area contributed by atoms with Crippen LogP contribution in [0.3, 0.4) is 0 Å². The lowest BCUT2D eigenvalue weighted by Gasteiger charge is -2.05. The minimum atomic E-state index is -0.585. The van der Waals surface area contributed by atoms with Gasteiger partial charge in [0.15, 0.2) is 0 Å². The summed E-state index contributed by atoms with van der Waals surface area (Å²) >= 11 is 1.34. The van der Waals surface area contributed by atoms with Crippen LogP contribution in [-0.2, 0) is 17.8 Å². The van der Waals surface area contributed by atoms with Gasteiger partial charge in [0.1, 0.15) is 28.6 Å². The second-order valence-corrected chi connectivity index (χ2v) is 7.07. The lowest BCUT2D eigenvalue weighted by Crippen LogP contribution is -2.17. The molecule has 0 atom stereocenters. The van der Waals surface area contributed by atoms with Gasteiger partial charge in [-0.1, -0.05) is 53.7 Å². The Hall–Kier alpha value is -3.33. The van der Waals surface area contributed by atoms with Gasteiger partial charge in [0.05, 0.1) is 5.69 Å². The van der Waals surface area contributed by atoms with Crippen molar-refractivity contribution in [2.75, 3.05) is 0 Å². The fourth-order valence-electron chi connectivity index (χ4n) is 2.73. The summed E-state index contributed by atoms with van der Waals surface area (Å²) in [5.41, 5.74) is 1.48. The first-order valence-corrected chi connectivity index (χ1v) is 9.46. The number of nitrogens with zero attached hydrogens (tertiary/aromatic N) is 4. The van der Waals surface area contributed by atoms with Gasteiger partial charge in [-0.3, -0.25) is 4.79 Å². The van der Waals surface area contributed by atoms with E-state index in [-0.39, 0.29) is 17.7 Å². The van der Waals surface area contributed by atoms with Crippen LogP contribution >= 0.6 is 11.3 Å². The van der Waals surface area contributed by atoms with Crippen molar-refractivity contribution >= 4 is 22.3 Å². The largest absolute Gasteiger partial charge is 0.455 e. The van der Waals surface area contributed by atoms with Gasteiger partial charge >= 0.3 is 5.97 Å². The van der Waals surface area contributed by atoms with Crippen LogP contribution in [0.25, 0.3) is 16.2 Å². The summed E-state index contributed by atoms with van der Waals surface area (Å²) in [7, 11) is 0. The van der Waals surface area contributed by atoms with Crippen molar-refractivity contribution in [3.63, 3.8) is 0 Å². The number of aromatic nitrogens is 4. The molecule has 0 spiro atoms. The van der Waals surface area contributed by atoms with Gasteiger partial charge in [-0.05, 0) is 13.3 Å². The van der Waals surface area contributed by atoms with Crippen LogP contribution in [-0.4, -0.2) is 25.7 Å². The quantitative estimate of drug-likeness (QED) is 0.478. The lowest BCUT2D eigenvalue weighted by atomic mass is 10.1. The summed E-state index contributed by atoms with van der Waals surface area (Å²) in [5.74, 6) is -0.222. The maximum atomic E-state index is 12.6. The van der Waals surface area contributed by atoms with Gasteiger partial charge in [-0.25, -0.2) is 9.78 Å². The van der Waals surface area contributed by atoms with E-state index >= 15 is 0 Å². The Balaban J connectivity index is 1.58. The molecule has 0 radical (unpaired) electrons. The van der Waals surface area contributed by atoms with Crippen LogP contribution in [0, 0.1) is 6.92 Å². The number of hydrogen-bond acceptors (Lipinski definition) is 8. The van der Waals surface area contributed by atoms with Crippen molar-refractivity contribution < 1.29 is 14.1 Å². The molecule has 1 aromatic carbocycles. The van der Waals surface area contributed by atoms with Crippen molar-refractivity contribution in [2.24, 2.45) is 0 Å². The molecule has 0 aliphatic carbocycles. The molecule has 0 unspecified atom stereocenters. The summed E-state index contributed by atoms with van der Waals surface area (Å²) in [6.07, 6.45) is 0.715. The molecule has 8 nitrogen and oxygen atoms in total. The van der Waals surface area contributed by atoms with E-state index in [2.05, 4.69) is 15.2 Å². The van der Waals surface area contributed by atoms with Gasteiger partial charge < -0.3 is 9.26 Å². The smallest absolute Gasteiger partial charge is 0.344 e. The molecule has 3 aromatic heterocycles. The molecule has 9 heteroatoms. The second kappa shape index (κ2) is 7.35. The number of esters is 1. The van der Waals surface area contributed by atoms with E-state index in [1.165, 1.54) is 21.9 Å². The van der Waals surface area contributed by atoms with E-state index in [4.69, 9.17) is 9.26 Å². The van der Waals surface area contributed by atoms with Gasteiger partial charge in [-0.15, -0.1) is 0 Å². The minimum Gasteiger partial charge on any atom is -0.455 e. The standard InChI is InChI=1S/C19H16N4O4S/c1-3-14-21-23-15(24)9-13(20-19(23)28-14)10-26-18(25)16-11(2)27-22-17(16)12-7-5-4-6-8-12/h4-9H,3,10H2,1-2H3. The van der Waals surface area contributed by atoms with E-state index < -0.39 is 5.97 Å². The molecule has 0 saturated carbocycles. The zero-order chi connectivity index (χ0) is 19.7. The molecule has 0 fully saturated rings. The Kier molecular flexibility index (Phi) is 4.74. The SMILES string of the molecule is CCc1nn2c(=O)cc(COC(=O)c3c(-c4ccccc4)noc3C)nc2s1. The molecule has 0 amide bonds. The predicted octanol–water partition coefficient (Wildman–Crippen LogP) is 3.03. The Labute approximate surface area is 163 Å². The number of rotatable bonds is 5. The van der Waals surface area contributed by atoms with Crippen molar-refractivity contribution in [3.8, 4) is 11.3 Å². The Morgan fingerprint density at radius 1 is 1.29 bits per heavy atom. The molecule has 0 aliphatic heterocycles. The minimum absolute atomic E-state index is 0.136. The number of carbonyl (C=O) groups excluding carboxylic acids is 1. The molecule has 0 N–H and O–H groups in total. The fourth-order valence-corrected chi connectivity index (χ4v) is 3.59. The summed E-state index contributed by atoms with van der Waals surface area (Å²) < 4.78 is 11.8. The van der Waals surface area contributed by atoms with E-state index in [9.17, 15) is 9.59 Å². The van der Waals surface area contributed by atoms with Gasteiger partial charge in [0, 0.05) is 11.6 Å². The lowest BCUT2D eigenvalue weighted by molar-refractivity contribution is 0.0466. The van der Waals surface area contributed by atoms with Crippen molar-refractivity contribution in [2.45, 2.75) is 26.9 Å². The molecule has 4 rings (SSSR count). The Morgan fingerprint density at radius 2 is 2.07 bits per heavy atom. The number of carbonyl (C=O) groups is 1. The average Bonchev–Trinajstić information content (AvgIpc) is 3.30. The van der Waals surface area contributed by atoms with E-state index in [0.717, 1.165) is 10.6 Å². The molecular weight excluding hydrogens is 380 g/mol. The molecular formula is C19H16N4O4S. The normalized spacial score (nSPS) is 11.1. The van der Waals surface area contributed by atoms with E-state index in [1.54, 1.807) is 6.92 Å². The number of aryl methyl sites for hydroxylation is 2. The summed E-state index contributed by atoms with van der Waals surface area (Å²) in [5, 5.41) is 8.99. The van der Waals surface area contributed by atoms with Crippen LogP contribution in [0.15, 0.2) is 45.7 Å². The van der Waals surface area contributed by atoms with E-state index in [0.29, 0.717) is 28.5 Å². The fraction of sp³-hybridized carbons (Fsp3) is 0.211. The first kappa shape index (κ1) is 18.1. The molecule has 0 aliphatic rings. The van der Waals surface area contributed by atoms with E-state index in [1.807, 2.05) is 37.3 Å². The third kappa shape index (κ3) is 3.31. The van der Waals surface area contributed by atoms with Gasteiger partial charge in [0.2, 0.25) is 4.96 Å². The first-order valence-electron chi connectivity index (χ1n) is 8.64. The van der Waals surface area contributed by atoms with Crippen molar-refractivity contribution in [1.82, 2.24) is 19.8 Å². The van der Waals surface area contributed by atoms with Crippen molar-refractivity contribution in [3.05, 3.63) is 68.8 Å². The van der Waals surface area contributed by atoms with Crippen LogP contribution in [0.5, 0.6) is 0 Å². The van der Waals surface area contributed by atoms with Crippen LogP contribution in [0.1, 0.15) is 33.7 Å². The van der Waals surface area contributed by atoms with Gasteiger partial charge in [0.25, 0.3) is 5.56 Å². The third-order valence-corrected chi connectivity index (χ3v) is 5.16. The average molecular weight is 396 g/mol.